The van der Waals surface area contributed by atoms with Crippen LogP contribution in [0.2, 0.25) is 0 Å². The van der Waals surface area contributed by atoms with Gasteiger partial charge in [0.05, 0.1) is 0 Å². The Morgan fingerprint density at radius 3 is 2.05 bits per heavy atom. The normalized spacial score (nSPS) is 13.2. The fourth-order valence-corrected chi connectivity index (χ4v) is 3.71. The molecule has 1 heteroatoms. The van der Waals surface area contributed by atoms with Crippen LogP contribution in [-0.2, 0) is 10.8 Å². The van der Waals surface area contributed by atoms with Gasteiger partial charge in [0.1, 0.15) is 0 Å². The molecule has 3 aromatic rings. The monoisotopic (exact) mass is 293 g/mol. The van der Waals surface area contributed by atoms with Gasteiger partial charge in [0.25, 0.3) is 0 Å². The van der Waals surface area contributed by atoms with Crippen LogP contribution in [0.25, 0.3) is 21.8 Å². The van der Waals surface area contributed by atoms with Gasteiger partial charge in [-0.15, -0.1) is 0 Å². The van der Waals surface area contributed by atoms with Crippen molar-refractivity contribution in [3.63, 3.8) is 0 Å². The van der Waals surface area contributed by atoms with Crippen molar-refractivity contribution >= 4 is 21.8 Å². The molecule has 0 fully saturated rings. The van der Waals surface area contributed by atoms with Crippen molar-refractivity contribution in [3.05, 3.63) is 47.0 Å². The Morgan fingerprint density at radius 1 is 0.818 bits per heavy atom. The molecule has 0 saturated heterocycles. The van der Waals surface area contributed by atoms with Gasteiger partial charge in [0.2, 0.25) is 0 Å². The summed E-state index contributed by atoms with van der Waals surface area (Å²) >= 11 is 0. The number of rotatable bonds is 0. The number of H-pyrrole nitrogens is 1. The lowest BCUT2D eigenvalue weighted by Crippen LogP contribution is -2.23. The minimum Gasteiger partial charge on any atom is -0.354 e. The molecule has 3 rings (SSSR count). The Balaban J connectivity index is 2.53. The number of para-hydroxylation sites is 1. The lowest BCUT2D eigenvalue weighted by atomic mass is 9.72. The van der Waals surface area contributed by atoms with Gasteiger partial charge in [0.15, 0.2) is 0 Å². The van der Waals surface area contributed by atoms with Gasteiger partial charge >= 0.3 is 0 Å². The average molecular weight is 293 g/mol. The fraction of sp³-hybridized carbons (Fsp3) is 0.429. The van der Waals surface area contributed by atoms with Crippen molar-refractivity contribution in [3.8, 4) is 0 Å². The van der Waals surface area contributed by atoms with E-state index in [1.807, 2.05) is 0 Å². The second kappa shape index (κ2) is 4.62. The highest BCUT2D eigenvalue weighted by molar-refractivity contribution is 6.09. The SMILES string of the molecule is Cc1c(C(C)(C)C)c(C(C)(C)C)cc2c1[nH]c1ccccc12. The van der Waals surface area contributed by atoms with E-state index in [4.69, 9.17) is 0 Å². The van der Waals surface area contributed by atoms with E-state index in [2.05, 4.69) is 83.8 Å². The van der Waals surface area contributed by atoms with Gasteiger partial charge in [-0.2, -0.15) is 0 Å². The summed E-state index contributed by atoms with van der Waals surface area (Å²) in [5.74, 6) is 0. The van der Waals surface area contributed by atoms with E-state index < -0.39 is 0 Å². The molecule has 0 unspecified atom stereocenters. The molecule has 2 aromatic carbocycles. The number of benzene rings is 2. The number of aromatic amines is 1. The van der Waals surface area contributed by atoms with Crippen LogP contribution in [0.1, 0.15) is 58.2 Å². The maximum Gasteiger partial charge on any atom is 0.0497 e. The summed E-state index contributed by atoms with van der Waals surface area (Å²) in [6.45, 7) is 16.2. The number of hydrogen-bond donors (Lipinski definition) is 1. The molecular weight excluding hydrogens is 266 g/mol. The highest BCUT2D eigenvalue weighted by Crippen LogP contribution is 2.41. The van der Waals surface area contributed by atoms with Crippen LogP contribution in [0.5, 0.6) is 0 Å². The molecule has 0 amide bonds. The Kier molecular flexibility index (Phi) is 3.18. The summed E-state index contributed by atoms with van der Waals surface area (Å²) in [7, 11) is 0. The molecule has 1 nitrogen and oxygen atoms in total. The Morgan fingerprint density at radius 2 is 1.45 bits per heavy atom. The standard InChI is InChI=1S/C21H27N/c1-13-18(21(5,6)7)16(20(2,3)4)12-15-14-10-8-9-11-17(14)22-19(13)15/h8-12,22H,1-7H3. The van der Waals surface area contributed by atoms with E-state index in [1.54, 1.807) is 0 Å². The Labute approximate surface area is 133 Å². The molecule has 1 aromatic heterocycles. The molecule has 0 aliphatic heterocycles. The van der Waals surface area contributed by atoms with E-state index in [9.17, 15) is 0 Å². The van der Waals surface area contributed by atoms with Gasteiger partial charge < -0.3 is 4.98 Å². The van der Waals surface area contributed by atoms with Crippen molar-refractivity contribution < 1.29 is 0 Å². The molecule has 0 spiro atoms. The van der Waals surface area contributed by atoms with Gasteiger partial charge in [-0.3, -0.25) is 0 Å². The maximum absolute atomic E-state index is 3.64. The van der Waals surface area contributed by atoms with Crippen molar-refractivity contribution in [2.45, 2.75) is 59.3 Å². The first-order valence-corrected chi connectivity index (χ1v) is 8.15. The molecule has 0 bridgehead atoms. The second-order valence-electron chi connectivity index (χ2n) is 8.52. The van der Waals surface area contributed by atoms with Crippen LogP contribution >= 0.6 is 0 Å². The first kappa shape index (κ1) is 15.1. The Hall–Kier alpha value is -1.76. The second-order valence-corrected chi connectivity index (χ2v) is 8.52. The summed E-state index contributed by atoms with van der Waals surface area (Å²) in [4.78, 5) is 3.64. The molecular formula is C21H27N. The first-order valence-electron chi connectivity index (χ1n) is 8.15. The predicted molar refractivity (Wildman–Crippen MR) is 97.9 cm³/mol. The zero-order chi connectivity index (χ0) is 16.3. The fourth-order valence-electron chi connectivity index (χ4n) is 3.71. The molecule has 22 heavy (non-hydrogen) atoms. The van der Waals surface area contributed by atoms with Gasteiger partial charge in [-0.05, 0) is 46.6 Å². The summed E-state index contributed by atoms with van der Waals surface area (Å²) in [5, 5.41) is 2.68. The molecule has 0 aliphatic rings. The summed E-state index contributed by atoms with van der Waals surface area (Å²) in [6.07, 6.45) is 0. The lowest BCUT2D eigenvalue weighted by molar-refractivity contribution is 0.528. The molecule has 116 valence electrons. The third kappa shape index (κ3) is 2.24. The minimum absolute atomic E-state index is 0.137. The molecule has 0 radical (unpaired) electrons. The lowest BCUT2D eigenvalue weighted by Gasteiger charge is -2.32. The highest BCUT2D eigenvalue weighted by Gasteiger charge is 2.28. The highest BCUT2D eigenvalue weighted by atomic mass is 14.7. The summed E-state index contributed by atoms with van der Waals surface area (Å²) in [5.41, 5.74) is 7.14. The predicted octanol–water partition coefficient (Wildman–Crippen LogP) is 6.22. The maximum atomic E-state index is 3.64. The van der Waals surface area contributed by atoms with Crippen LogP contribution in [0.3, 0.4) is 0 Å². The molecule has 0 saturated carbocycles. The number of nitrogens with one attached hydrogen (secondary N) is 1. The topological polar surface area (TPSA) is 15.8 Å². The minimum atomic E-state index is 0.137. The third-order valence-electron chi connectivity index (χ3n) is 4.61. The zero-order valence-corrected chi connectivity index (χ0v) is 14.9. The van der Waals surface area contributed by atoms with Crippen LogP contribution in [0.4, 0.5) is 0 Å². The van der Waals surface area contributed by atoms with Crippen LogP contribution in [0, 0.1) is 6.92 Å². The molecule has 0 atom stereocenters. The quantitative estimate of drug-likeness (QED) is 0.506. The van der Waals surface area contributed by atoms with Crippen molar-refractivity contribution in [2.75, 3.05) is 0 Å². The summed E-state index contributed by atoms with van der Waals surface area (Å²) in [6, 6.07) is 11.0. The average Bonchev–Trinajstić information content (AvgIpc) is 2.75. The van der Waals surface area contributed by atoms with E-state index in [0.717, 1.165) is 0 Å². The smallest absolute Gasteiger partial charge is 0.0497 e. The number of hydrogen-bond acceptors (Lipinski definition) is 0. The van der Waals surface area contributed by atoms with Crippen molar-refractivity contribution in [1.29, 1.82) is 0 Å². The van der Waals surface area contributed by atoms with E-state index in [0.29, 0.717) is 0 Å². The van der Waals surface area contributed by atoms with E-state index >= 15 is 0 Å². The molecule has 0 aliphatic carbocycles. The van der Waals surface area contributed by atoms with Crippen LogP contribution < -0.4 is 0 Å². The van der Waals surface area contributed by atoms with Crippen LogP contribution in [-0.4, -0.2) is 4.98 Å². The molecule has 1 N–H and O–H groups in total. The third-order valence-corrected chi connectivity index (χ3v) is 4.61. The van der Waals surface area contributed by atoms with Gasteiger partial charge in [-0.25, -0.2) is 0 Å². The Bertz CT molecular complexity index is 851. The number of aryl methyl sites for hydroxylation is 1. The summed E-state index contributed by atoms with van der Waals surface area (Å²) < 4.78 is 0. The van der Waals surface area contributed by atoms with Gasteiger partial charge in [0, 0.05) is 21.8 Å². The van der Waals surface area contributed by atoms with Crippen LogP contribution in [0.15, 0.2) is 30.3 Å². The van der Waals surface area contributed by atoms with E-state index in [-0.39, 0.29) is 10.8 Å². The first-order chi connectivity index (χ1) is 10.1. The van der Waals surface area contributed by atoms with Crippen molar-refractivity contribution in [1.82, 2.24) is 4.98 Å². The number of aromatic nitrogens is 1. The van der Waals surface area contributed by atoms with Crippen molar-refractivity contribution in [2.24, 2.45) is 0 Å². The van der Waals surface area contributed by atoms with E-state index in [1.165, 1.54) is 38.5 Å². The van der Waals surface area contributed by atoms with Gasteiger partial charge in [-0.1, -0.05) is 59.7 Å². The molecule has 1 heterocycles. The largest absolute Gasteiger partial charge is 0.354 e. The number of fused-ring (bicyclic) bond motifs is 3. The zero-order valence-electron chi connectivity index (χ0n) is 14.9.